The molecule has 0 aliphatic carbocycles. The first-order valence-electron chi connectivity index (χ1n) is 4.61. The van der Waals surface area contributed by atoms with Crippen LogP contribution in [0, 0.1) is 5.92 Å². The second kappa shape index (κ2) is 4.80. The van der Waals surface area contributed by atoms with Crippen LogP contribution in [-0.4, -0.2) is 30.7 Å². The van der Waals surface area contributed by atoms with E-state index in [2.05, 4.69) is 0 Å². The topological polar surface area (TPSA) is 38.7 Å². The van der Waals surface area contributed by atoms with Crippen LogP contribution >= 0.6 is 0 Å². The van der Waals surface area contributed by atoms with Crippen LogP contribution < -0.4 is 0 Å². The van der Waals surface area contributed by atoms with Crippen LogP contribution in [0.3, 0.4) is 0 Å². The highest BCUT2D eigenvalue weighted by molar-refractivity contribution is 4.63. The van der Waals surface area contributed by atoms with Gasteiger partial charge in [-0.05, 0) is 12.8 Å². The second-order valence-electron chi connectivity index (χ2n) is 3.61. The average Bonchev–Trinajstić information content (AvgIpc) is 2.06. The zero-order valence-electron chi connectivity index (χ0n) is 7.82. The van der Waals surface area contributed by atoms with Crippen LogP contribution in [-0.2, 0) is 9.47 Å². The van der Waals surface area contributed by atoms with Crippen molar-refractivity contribution >= 4 is 0 Å². The summed E-state index contributed by atoms with van der Waals surface area (Å²) in [5, 5.41) is 9.40. The molecule has 1 N–H and O–H groups in total. The number of hydrogen-bond donors (Lipinski definition) is 1. The standard InChI is InChI=1S/C9H18O3/c1-7(2)9(10)12-8-4-3-5-11-6-8/h7-10H,3-6H2,1-2H3. The molecule has 3 nitrogen and oxygen atoms in total. The summed E-state index contributed by atoms with van der Waals surface area (Å²) in [6.45, 7) is 5.34. The van der Waals surface area contributed by atoms with Crippen LogP contribution in [0.1, 0.15) is 26.7 Å². The molecule has 0 spiro atoms. The van der Waals surface area contributed by atoms with E-state index in [4.69, 9.17) is 9.47 Å². The summed E-state index contributed by atoms with van der Waals surface area (Å²) < 4.78 is 10.6. The first kappa shape index (κ1) is 9.96. The lowest BCUT2D eigenvalue weighted by Crippen LogP contribution is -2.32. The molecular formula is C9H18O3. The Kier molecular flexibility index (Phi) is 3.98. The van der Waals surface area contributed by atoms with Gasteiger partial charge in [-0.1, -0.05) is 13.8 Å². The van der Waals surface area contributed by atoms with Crippen molar-refractivity contribution in [2.24, 2.45) is 5.92 Å². The molecular weight excluding hydrogens is 156 g/mol. The van der Waals surface area contributed by atoms with Crippen LogP contribution in [0.15, 0.2) is 0 Å². The molecule has 2 unspecified atom stereocenters. The van der Waals surface area contributed by atoms with E-state index >= 15 is 0 Å². The van der Waals surface area contributed by atoms with Gasteiger partial charge in [0.25, 0.3) is 0 Å². The SMILES string of the molecule is CC(C)C(O)OC1CCCOC1. The van der Waals surface area contributed by atoms with Crippen molar-refractivity contribution in [3.05, 3.63) is 0 Å². The van der Waals surface area contributed by atoms with Gasteiger partial charge in [-0.15, -0.1) is 0 Å². The van der Waals surface area contributed by atoms with E-state index in [-0.39, 0.29) is 12.0 Å². The maximum Gasteiger partial charge on any atom is 0.157 e. The molecule has 0 aromatic rings. The highest BCUT2D eigenvalue weighted by Gasteiger charge is 2.19. The smallest absolute Gasteiger partial charge is 0.157 e. The van der Waals surface area contributed by atoms with E-state index in [1.54, 1.807) is 0 Å². The van der Waals surface area contributed by atoms with Crippen molar-refractivity contribution in [3.8, 4) is 0 Å². The molecule has 0 aromatic heterocycles. The zero-order valence-corrected chi connectivity index (χ0v) is 7.82. The van der Waals surface area contributed by atoms with Crippen LogP contribution in [0.2, 0.25) is 0 Å². The first-order chi connectivity index (χ1) is 5.70. The summed E-state index contributed by atoms with van der Waals surface area (Å²) in [5.74, 6) is 0.159. The van der Waals surface area contributed by atoms with Gasteiger partial charge < -0.3 is 14.6 Å². The summed E-state index contributed by atoms with van der Waals surface area (Å²) >= 11 is 0. The Balaban J connectivity index is 2.20. The molecule has 1 aliphatic heterocycles. The third-order valence-electron chi connectivity index (χ3n) is 2.02. The number of aliphatic hydroxyl groups excluding tert-OH is 1. The number of aliphatic hydroxyl groups is 1. The maximum absolute atomic E-state index is 9.40. The molecule has 0 bridgehead atoms. The summed E-state index contributed by atoms with van der Waals surface area (Å²) in [5.41, 5.74) is 0. The van der Waals surface area contributed by atoms with Crippen molar-refractivity contribution < 1.29 is 14.6 Å². The predicted molar refractivity (Wildman–Crippen MR) is 45.8 cm³/mol. The first-order valence-corrected chi connectivity index (χ1v) is 4.61. The van der Waals surface area contributed by atoms with Crippen molar-refractivity contribution in [3.63, 3.8) is 0 Å². The minimum absolute atomic E-state index is 0.0937. The number of hydrogen-bond acceptors (Lipinski definition) is 3. The molecule has 1 rings (SSSR count). The summed E-state index contributed by atoms with van der Waals surface area (Å²) in [7, 11) is 0. The fraction of sp³-hybridized carbons (Fsp3) is 1.00. The van der Waals surface area contributed by atoms with E-state index in [1.807, 2.05) is 13.8 Å². The molecule has 0 radical (unpaired) electrons. The Morgan fingerprint density at radius 3 is 2.75 bits per heavy atom. The molecule has 0 amide bonds. The fourth-order valence-corrected chi connectivity index (χ4v) is 1.17. The Morgan fingerprint density at radius 2 is 2.25 bits per heavy atom. The lowest BCUT2D eigenvalue weighted by molar-refractivity contribution is -0.183. The van der Waals surface area contributed by atoms with E-state index < -0.39 is 6.29 Å². The predicted octanol–water partition coefficient (Wildman–Crippen LogP) is 1.16. The van der Waals surface area contributed by atoms with Gasteiger partial charge in [-0.2, -0.15) is 0 Å². The van der Waals surface area contributed by atoms with Crippen molar-refractivity contribution in [1.82, 2.24) is 0 Å². The molecule has 1 fully saturated rings. The Hall–Kier alpha value is -0.120. The summed E-state index contributed by atoms with van der Waals surface area (Å²) in [4.78, 5) is 0. The monoisotopic (exact) mass is 174 g/mol. The van der Waals surface area contributed by atoms with Crippen molar-refractivity contribution in [1.29, 1.82) is 0 Å². The van der Waals surface area contributed by atoms with Gasteiger partial charge in [0, 0.05) is 12.5 Å². The molecule has 2 atom stereocenters. The van der Waals surface area contributed by atoms with Gasteiger partial charge in [0.2, 0.25) is 0 Å². The fourth-order valence-electron chi connectivity index (χ4n) is 1.17. The van der Waals surface area contributed by atoms with Crippen LogP contribution in [0.25, 0.3) is 0 Å². The van der Waals surface area contributed by atoms with E-state index in [0.717, 1.165) is 19.4 Å². The van der Waals surface area contributed by atoms with Gasteiger partial charge in [-0.3, -0.25) is 0 Å². The van der Waals surface area contributed by atoms with E-state index in [0.29, 0.717) is 6.61 Å². The molecule has 0 aromatic carbocycles. The Bertz CT molecular complexity index is 119. The number of ether oxygens (including phenoxy) is 2. The van der Waals surface area contributed by atoms with E-state index in [1.165, 1.54) is 0 Å². The normalized spacial score (nSPS) is 27.5. The molecule has 1 saturated heterocycles. The number of rotatable bonds is 3. The third kappa shape index (κ3) is 3.09. The van der Waals surface area contributed by atoms with Crippen LogP contribution in [0.4, 0.5) is 0 Å². The van der Waals surface area contributed by atoms with Gasteiger partial charge in [0.15, 0.2) is 6.29 Å². The zero-order chi connectivity index (χ0) is 8.97. The lowest BCUT2D eigenvalue weighted by Gasteiger charge is -2.26. The highest BCUT2D eigenvalue weighted by Crippen LogP contribution is 2.14. The van der Waals surface area contributed by atoms with Crippen molar-refractivity contribution in [2.75, 3.05) is 13.2 Å². The lowest BCUT2D eigenvalue weighted by atomic mass is 10.1. The Labute approximate surface area is 73.7 Å². The average molecular weight is 174 g/mol. The third-order valence-corrected chi connectivity index (χ3v) is 2.02. The minimum Gasteiger partial charge on any atom is -0.379 e. The molecule has 72 valence electrons. The minimum atomic E-state index is -0.642. The molecule has 3 heteroatoms. The van der Waals surface area contributed by atoms with Gasteiger partial charge >= 0.3 is 0 Å². The van der Waals surface area contributed by atoms with Gasteiger partial charge in [0.1, 0.15) is 0 Å². The van der Waals surface area contributed by atoms with Gasteiger partial charge in [-0.25, -0.2) is 0 Å². The molecule has 0 saturated carbocycles. The van der Waals surface area contributed by atoms with E-state index in [9.17, 15) is 5.11 Å². The summed E-state index contributed by atoms with van der Waals surface area (Å²) in [6, 6.07) is 0. The molecule has 1 heterocycles. The van der Waals surface area contributed by atoms with Crippen molar-refractivity contribution in [2.45, 2.75) is 39.1 Å². The molecule has 12 heavy (non-hydrogen) atoms. The second-order valence-corrected chi connectivity index (χ2v) is 3.61. The largest absolute Gasteiger partial charge is 0.379 e. The quantitative estimate of drug-likeness (QED) is 0.652. The van der Waals surface area contributed by atoms with Crippen LogP contribution in [0.5, 0.6) is 0 Å². The maximum atomic E-state index is 9.40. The summed E-state index contributed by atoms with van der Waals surface area (Å²) in [6.07, 6.45) is 1.49. The van der Waals surface area contributed by atoms with Gasteiger partial charge in [0.05, 0.1) is 12.7 Å². The molecule has 1 aliphatic rings. The highest BCUT2D eigenvalue weighted by atomic mass is 16.6. The Morgan fingerprint density at radius 1 is 1.50 bits per heavy atom.